The number of benzene rings is 4. The van der Waals surface area contributed by atoms with Crippen LogP contribution in [0.1, 0.15) is 68.0 Å². The minimum atomic E-state index is -2.01. The molecule has 0 saturated carbocycles. The molecule has 0 spiro atoms. The number of hydrogen-bond donors (Lipinski definition) is 0. The molecule has 0 N–H and O–H groups in total. The van der Waals surface area contributed by atoms with E-state index in [9.17, 15) is 0 Å². The maximum atomic E-state index is 8.25. The molecular formula is C35H44O3SiTi. The minimum absolute atomic E-state index is 0.125. The van der Waals surface area contributed by atoms with Gasteiger partial charge in [-0.2, -0.15) is 14.2 Å². The maximum absolute atomic E-state index is 8.25. The zero-order chi connectivity index (χ0) is 29.8. The first kappa shape index (κ1) is 32.3. The van der Waals surface area contributed by atoms with Crippen LogP contribution in [-0.4, -0.2) is 20.4 Å². The molecule has 4 aromatic carbocycles. The van der Waals surface area contributed by atoms with E-state index < -0.39 is 23.2 Å². The molecule has 4 aromatic rings. The van der Waals surface area contributed by atoms with Crippen LogP contribution in [0.4, 0.5) is 0 Å². The molecule has 0 aromatic heterocycles. The molecule has 0 atom stereocenters. The van der Waals surface area contributed by atoms with E-state index in [0.717, 1.165) is 20.0 Å². The van der Waals surface area contributed by atoms with Crippen molar-refractivity contribution in [3.05, 3.63) is 101 Å². The van der Waals surface area contributed by atoms with Crippen LogP contribution in [0.2, 0.25) is 13.1 Å². The molecule has 40 heavy (non-hydrogen) atoms. The van der Waals surface area contributed by atoms with Crippen molar-refractivity contribution in [3.63, 3.8) is 0 Å². The fourth-order valence-corrected chi connectivity index (χ4v) is 13.9. The van der Waals surface area contributed by atoms with Crippen LogP contribution in [0.25, 0.3) is 21.9 Å². The quantitative estimate of drug-likeness (QED) is 0.236. The molecule has 0 radical (unpaired) electrons. The summed E-state index contributed by atoms with van der Waals surface area (Å²) in [6, 6.07) is 29.8. The monoisotopic (exact) mass is 588 g/mol. The molecule has 0 saturated heterocycles. The molecular weight excluding hydrogens is 544 g/mol. The summed E-state index contributed by atoms with van der Waals surface area (Å²) < 4.78 is 7.50. The average Bonchev–Trinajstić information content (AvgIpc) is 3.25. The SMILES string of the molecule is C[O-].C[O-].C[Si](C)=[Ti+2]([O]c1ccc2ccccc2c1)[CH]1c2ccc(C(C)(C)C)cc2-c2cc(C(C)(C)C)ccc21. The summed E-state index contributed by atoms with van der Waals surface area (Å²) in [6.45, 7) is 18.8. The Hall–Kier alpha value is -2.21. The first-order chi connectivity index (χ1) is 18.9. The molecule has 210 valence electrons. The molecule has 1 aliphatic rings. The van der Waals surface area contributed by atoms with Gasteiger partial charge in [-0.05, 0) is 0 Å². The first-order valence-electron chi connectivity index (χ1n) is 13.9. The Morgan fingerprint density at radius 1 is 0.625 bits per heavy atom. The Kier molecular flexibility index (Phi) is 10.6. The Balaban J connectivity index is 0.00000106. The van der Waals surface area contributed by atoms with Crippen molar-refractivity contribution in [3.8, 4) is 16.9 Å². The van der Waals surface area contributed by atoms with Crippen molar-refractivity contribution < 1.29 is 30.5 Å². The summed E-state index contributed by atoms with van der Waals surface area (Å²) in [6.07, 6.45) is -0.621. The fourth-order valence-electron chi connectivity index (χ4n) is 5.27. The summed E-state index contributed by atoms with van der Waals surface area (Å²) in [5.74, 6) is 1.04. The van der Waals surface area contributed by atoms with Crippen LogP contribution >= 0.6 is 0 Å². The second-order valence-corrected chi connectivity index (χ2v) is 23.6. The molecule has 0 bridgehead atoms. The van der Waals surface area contributed by atoms with Crippen molar-refractivity contribution in [2.24, 2.45) is 0 Å². The Labute approximate surface area is 248 Å². The molecule has 0 aliphatic heterocycles. The number of hydrogen-bond acceptors (Lipinski definition) is 3. The van der Waals surface area contributed by atoms with Gasteiger partial charge in [0.2, 0.25) is 0 Å². The molecule has 0 fully saturated rings. The summed E-state index contributed by atoms with van der Waals surface area (Å²) in [7, 11) is 1.50. The predicted molar refractivity (Wildman–Crippen MR) is 165 cm³/mol. The molecule has 0 unspecified atom stereocenters. The third kappa shape index (κ3) is 6.80. The normalized spacial score (nSPS) is 12.2. The third-order valence-corrected chi connectivity index (χ3v) is 17.2. The fraction of sp³-hybridized carbons (Fsp3) is 0.371. The molecule has 0 heterocycles. The summed E-state index contributed by atoms with van der Waals surface area (Å²) in [5, 5.41) is 19.0. The number of fused-ring (bicyclic) bond motifs is 4. The molecule has 5 heteroatoms. The van der Waals surface area contributed by atoms with Crippen LogP contribution in [0.15, 0.2) is 78.9 Å². The average molecular weight is 589 g/mol. The standard InChI is InChI=1S/C21H25.C10H8O.C2H6Si.2CH3O.Ti/c1-20(2,3)16-9-7-14-11-15-8-10-17(21(4,5)6)13-19(15)18(14)12-16;11-10-6-5-8-3-1-2-4-9(8)7-10;1-3-2;2*1-2;/h7-13H,1-6H3;1-7,11H;1-2H3;2*1H3;/q;;;2*-1;+3/p-1. The van der Waals surface area contributed by atoms with Gasteiger partial charge in [0.15, 0.2) is 0 Å². The van der Waals surface area contributed by atoms with Gasteiger partial charge in [-0.15, -0.1) is 0 Å². The van der Waals surface area contributed by atoms with E-state index in [4.69, 9.17) is 13.5 Å². The zero-order valence-electron chi connectivity index (χ0n) is 25.8. The molecule has 0 amide bonds. The topological polar surface area (TPSA) is 55.3 Å². The van der Waals surface area contributed by atoms with Gasteiger partial charge in [0.1, 0.15) is 0 Å². The van der Waals surface area contributed by atoms with Crippen molar-refractivity contribution in [1.82, 2.24) is 0 Å². The van der Waals surface area contributed by atoms with Crippen LogP contribution in [0.5, 0.6) is 5.75 Å². The summed E-state index contributed by atoms with van der Waals surface area (Å²) in [4.78, 5) is 0. The van der Waals surface area contributed by atoms with Gasteiger partial charge in [-0.25, -0.2) is 0 Å². The van der Waals surface area contributed by atoms with Crippen LogP contribution in [0.3, 0.4) is 0 Å². The van der Waals surface area contributed by atoms with E-state index in [2.05, 4.69) is 133 Å². The molecule has 5 rings (SSSR count). The third-order valence-electron chi connectivity index (χ3n) is 7.45. The van der Waals surface area contributed by atoms with Gasteiger partial charge < -0.3 is 10.2 Å². The van der Waals surface area contributed by atoms with E-state index in [1.165, 1.54) is 44.2 Å². The Bertz CT molecular complexity index is 1440. The molecule has 3 nitrogen and oxygen atoms in total. The second kappa shape index (κ2) is 13.2. The van der Waals surface area contributed by atoms with Gasteiger partial charge in [-0.3, -0.25) is 0 Å². The zero-order valence-corrected chi connectivity index (χ0v) is 28.4. The van der Waals surface area contributed by atoms with Gasteiger partial charge in [0.05, 0.1) is 0 Å². The van der Waals surface area contributed by atoms with Gasteiger partial charge >= 0.3 is 225 Å². The van der Waals surface area contributed by atoms with E-state index in [1.54, 1.807) is 0 Å². The van der Waals surface area contributed by atoms with E-state index in [0.29, 0.717) is 4.22 Å². The first-order valence-corrected chi connectivity index (χ1v) is 20.3. The summed E-state index contributed by atoms with van der Waals surface area (Å²) >= 11 is -2.01. The van der Waals surface area contributed by atoms with Crippen molar-refractivity contribution in [1.29, 1.82) is 0 Å². The second-order valence-electron chi connectivity index (χ2n) is 12.5. The van der Waals surface area contributed by atoms with E-state index in [1.807, 2.05) is 0 Å². The Morgan fingerprint density at radius 3 is 1.55 bits per heavy atom. The molecule has 1 aliphatic carbocycles. The van der Waals surface area contributed by atoms with Crippen LogP contribution < -0.4 is 13.5 Å². The predicted octanol–water partition coefficient (Wildman–Crippen LogP) is 7.32. The van der Waals surface area contributed by atoms with Gasteiger partial charge in [0.25, 0.3) is 0 Å². The summed E-state index contributed by atoms with van der Waals surface area (Å²) in [5.41, 5.74) is 8.92. The van der Waals surface area contributed by atoms with Gasteiger partial charge in [0, 0.05) is 0 Å². The van der Waals surface area contributed by atoms with Crippen LogP contribution in [-0.2, 0) is 27.8 Å². The van der Waals surface area contributed by atoms with Crippen LogP contribution in [0, 0.1) is 0 Å². The van der Waals surface area contributed by atoms with Crippen molar-refractivity contribution in [2.45, 2.75) is 69.7 Å². The Morgan fingerprint density at radius 2 is 1.10 bits per heavy atom. The van der Waals surface area contributed by atoms with E-state index in [-0.39, 0.29) is 10.8 Å². The van der Waals surface area contributed by atoms with Crippen molar-refractivity contribution in [2.75, 3.05) is 14.2 Å². The van der Waals surface area contributed by atoms with Crippen molar-refractivity contribution >= 4 is 17.0 Å². The van der Waals surface area contributed by atoms with E-state index >= 15 is 0 Å². The van der Waals surface area contributed by atoms with Gasteiger partial charge in [-0.1, -0.05) is 0 Å². The number of rotatable bonds is 3.